The van der Waals surface area contributed by atoms with E-state index in [2.05, 4.69) is 10.3 Å². The van der Waals surface area contributed by atoms with Gasteiger partial charge in [0.05, 0.1) is 0 Å². The summed E-state index contributed by atoms with van der Waals surface area (Å²) in [4.78, 5) is 21.2. The molecule has 0 saturated carbocycles. The molecule has 0 aliphatic heterocycles. The van der Waals surface area contributed by atoms with E-state index in [4.69, 9.17) is 5.84 Å². The summed E-state index contributed by atoms with van der Waals surface area (Å²) in [6, 6.07) is 0. The second-order valence-corrected chi connectivity index (χ2v) is 1.24. The van der Waals surface area contributed by atoms with Crippen LogP contribution in [0.5, 0.6) is 0 Å². The number of carbonyl (C=O) groups is 1. The van der Waals surface area contributed by atoms with E-state index < -0.39 is 5.69 Å². The summed E-state index contributed by atoms with van der Waals surface area (Å²) in [5.41, 5.74) is -0.762. The van der Waals surface area contributed by atoms with E-state index in [9.17, 15) is 9.59 Å². The van der Waals surface area contributed by atoms with E-state index in [1.165, 1.54) is 0 Å². The molecule has 2 N–H and O–H groups in total. The van der Waals surface area contributed by atoms with Crippen molar-refractivity contribution in [2.75, 3.05) is 5.84 Å². The maximum Gasteiger partial charge on any atom is 0.403 e. The number of tetrazole rings is 1. The Hall–Kier alpha value is -1.66. The predicted molar refractivity (Wildman–Crippen MR) is 26.6 cm³/mol. The first kappa shape index (κ1) is 5.48. The van der Waals surface area contributed by atoms with Crippen LogP contribution < -0.4 is 11.5 Å². The minimum Gasteiger partial charge on any atom is -0.318 e. The van der Waals surface area contributed by atoms with Crippen molar-refractivity contribution < 1.29 is 4.79 Å². The van der Waals surface area contributed by atoms with Gasteiger partial charge < -0.3 is 5.84 Å². The highest BCUT2D eigenvalue weighted by molar-refractivity contribution is 5.47. The van der Waals surface area contributed by atoms with Gasteiger partial charge in [-0.15, -0.1) is 4.79 Å². The number of hydrogen-bond donors (Lipinski definition) is 1. The Kier molecular flexibility index (Phi) is 1.03. The number of nitrogens with zero attached hydrogens (tertiary/aromatic N) is 4. The van der Waals surface area contributed by atoms with E-state index in [0.717, 1.165) is 0 Å². The fraction of sp³-hybridized carbons (Fsp3) is 0. The highest BCUT2D eigenvalue weighted by Crippen LogP contribution is 1.56. The van der Waals surface area contributed by atoms with E-state index in [0.29, 0.717) is 9.59 Å². The lowest BCUT2D eigenvalue weighted by Gasteiger charge is -1.87. The third-order valence-electron chi connectivity index (χ3n) is 0.733. The molecule has 7 heteroatoms. The first-order valence-electron chi connectivity index (χ1n) is 2.00. The maximum absolute atomic E-state index is 10.3. The number of aromatic nitrogens is 4. The van der Waals surface area contributed by atoms with Crippen LogP contribution in [0.1, 0.15) is 0 Å². The van der Waals surface area contributed by atoms with E-state index >= 15 is 0 Å². The molecule has 0 spiro atoms. The van der Waals surface area contributed by atoms with Crippen molar-refractivity contribution >= 4 is 6.41 Å². The Labute approximate surface area is 48.6 Å². The van der Waals surface area contributed by atoms with Crippen molar-refractivity contribution in [1.82, 2.24) is 19.9 Å². The van der Waals surface area contributed by atoms with Gasteiger partial charge in [0.2, 0.25) is 0 Å². The molecular weight excluding hydrogens is 126 g/mol. The normalized spacial score (nSPS) is 9.33. The van der Waals surface area contributed by atoms with Crippen LogP contribution in [-0.4, -0.2) is 26.3 Å². The molecule has 9 heavy (non-hydrogen) atoms. The monoisotopic (exact) mass is 129 g/mol. The molecule has 0 atom stereocenters. The van der Waals surface area contributed by atoms with Crippen LogP contribution >= 0.6 is 0 Å². The van der Waals surface area contributed by atoms with Crippen LogP contribution in [0, 0.1) is 0 Å². The largest absolute Gasteiger partial charge is 0.403 e. The van der Waals surface area contributed by atoms with Gasteiger partial charge in [-0.3, -0.25) is 4.79 Å². The Morgan fingerprint density at radius 1 is 1.67 bits per heavy atom. The molecule has 0 aliphatic rings. The van der Waals surface area contributed by atoms with Crippen LogP contribution in [0.15, 0.2) is 4.79 Å². The van der Waals surface area contributed by atoms with Crippen LogP contribution in [0.25, 0.3) is 0 Å². The van der Waals surface area contributed by atoms with Crippen LogP contribution in [0.4, 0.5) is 0 Å². The van der Waals surface area contributed by atoms with Crippen molar-refractivity contribution in [3.63, 3.8) is 0 Å². The molecule has 0 fully saturated rings. The van der Waals surface area contributed by atoms with Crippen molar-refractivity contribution in [1.29, 1.82) is 0 Å². The molecular formula is C2H3N5O2. The fourth-order valence-electron chi connectivity index (χ4n) is 0.333. The molecule has 0 aromatic carbocycles. The SMILES string of the molecule is Nn1c(=O)nnn1C=O. The Bertz CT molecular complexity index is 271. The topological polar surface area (TPSA) is 95.8 Å². The van der Waals surface area contributed by atoms with Gasteiger partial charge >= 0.3 is 5.69 Å². The Morgan fingerprint density at radius 2 is 2.33 bits per heavy atom. The molecule has 0 radical (unpaired) electrons. The minimum atomic E-state index is -0.762. The Balaban J connectivity index is 3.35. The average Bonchev–Trinajstić information content (AvgIpc) is 2.15. The zero-order chi connectivity index (χ0) is 6.85. The third-order valence-corrected chi connectivity index (χ3v) is 0.733. The average molecular weight is 129 g/mol. The number of carbonyl (C=O) groups excluding carboxylic acids is 1. The van der Waals surface area contributed by atoms with Crippen molar-refractivity contribution in [2.24, 2.45) is 0 Å². The summed E-state index contributed by atoms with van der Waals surface area (Å²) in [5.74, 6) is 4.92. The van der Waals surface area contributed by atoms with Gasteiger partial charge in [-0.2, -0.15) is 0 Å². The van der Waals surface area contributed by atoms with Crippen molar-refractivity contribution in [2.45, 2.75) is 0 Å². The number of nitrogen functional groups attached to an aromatic ring is 1. The molecule has 1 aromatic rings. The summed E-state index contributed by atoms with van der Waals surface area (Å²) in [5, 5.41) is 6.01. The molecule has 0 aliphatic carbocycles. The van der Waals surface area contributed by atoms with E-state index in [1.807, 2.05) is 0 Å². The van der Waals surface area contributed by atoms with Gasteiger partial charge in [0, 0.05) is 0 Å². The quantitative estimate of drug-likeness (QED) is 0.326. The molecule has 7 nitrogen and oxygen atoms in total. The molecule has 0 bridgehead atoms. The summed E-state index contributed by atoms with van der Waals surface area (Å²) in [7, 11) is 0. The zero-order valence-electron chi connectivity index (χ0n) is 4.26. The molecule has 1 rings (SSSR count). The highest BCUT2D eigenvalue weighted by atomic mass is 16.2. The van der Waals surface area contributed by atoms with Gasteiger partial charge in [-0.25, -0.2) is 4.79 Å². The number of nitrogens with two attached hydrogens (primary N) is 1. The minimum absolute atomic E-state index is 0.272. The van der Waals surface area contributed by atoms with E-state index in [-0.39, 0.29) is 6.41 Å². The lowest BCUT2D eigenvalue weighted by molar-refractivity contribution is 0.509. The van der Waals surface area contributed by atoms with Crippen LogP contribution in [0.2, 0.25) is 0 Å². The predicted octanol–water partition coefficient (Wildman–Crippen LogP) is -2.81. The summed E-state index contributed by atoms with van der Waals surface area (Å²) >= 11 is 0. The lowest BCUT2D eigenvalue weighted by Crippen LogP contribution is -2.30. The number of hydrogen-bond acceptors (Lipinski definition) is 5. The first-order chi connectivity index (χ1) is 4.25. The second kappa shape index (κ2) is 1.69. The summed E-state index contributed by atoms with van der Waals surface area (Å²) in [6.07, 6.45) is 0.272. The molecule has 1 heterocycles. The van der Waals surface area contributed by atoms with Gasteiger partial charge in [0.25, 0.3) is 6.41 Å². The van der Waals surface area contributed by atoms with Gasteiger partial charge in [0.15, 0.2) is 0 Å². The van der Waals surface area contributed by atoms with Gasteiger partial charge in [0.1, 0.15) is 0 Å². The lowest BCUT2D eigenvalue weighted by atomic mass is 11.3. The second-order valence-electron chi connectivity index (χ2n) is 1.24. The standard InChI is InChI=1S/C2H3N5O2/c3-7-2(9)4-5-6(7)1-8/h1H,3H2. The van der Waals surface area contributed by atoms with Gasteiger partial charge in [-0.1, -0.05) is 9.90 Å². The molecule has 0 saturated heterocycles. The Morgan fingerprint density at radius 3 is 2.56 bits per heavy atom. The first-order valence-corrected chi connectivity index (χ1v) is 2.00. The molecule has 1 aromatic heterocycles. The summed E-state index contributed by atoms with van der Waals surface area (Å²) in [6.45, 7) is 0. The van der Waals surface area contributed by atoms with Gasteiger partial charge in [-0.05, 0) is 5.21 Å². The zero-order valence-corrected chi connectivity index (χ0v) is 4.26. The van der Waals surface area contributed by atoms with E-state index in [1.54, 1.807) is 0 Å². The maximum atomic E-state index is 10.3. The smallest absolute Gasteiger partial charge is 0.318 e. The highest BCUT2D eigenvalue weighted by Gasteiger charge is 1.97. The van der Waals surface area contributed by atoms with Crippen LogP contribution in [0.3, 0.4) is 0 Å². The van der Waals surface area contributed by atoms with Crippen LogP contribution in [-0.2, 0) is 4.79 Å². The summed E-state index contributed by atoms with van der Waals surface area (Å²) < 4.78 is 0. The molecule has 0 unspecified atom stereocenters. The molecule has 0 amide bonds. The third kappa shape index (κ3) is 0.671. The fourth-order valence-corrected chi connectivity index (χ4v) is 0.333. The number of rotatable bonds is 1. The molecule has 48 valence electrons. The van der Waals surface area contributed by atoms with Crippen molar-refractivity contribution in [3.05, 3.63) is 10.5 Å². The van der Waals surface area contributed by atoms with Crippen molar-refractivity contribution in [3.8, 4) is 0 Å².